The summed E-state index contributed by atoms with van der Waals surface area (Å²) in [5.74, 6) is 1.82. The molecule has 0 unspecified atom stereocenters. The first kappa shape index (κ1) is 23.1. The summed E-state index contributed by atoms with van der Waals surface area (Å²) < 4.78 is 0. The van der Waals surface area contributed by atoms with E-state index in [1.54, 1.807) is 5.56 Å². The number of amides is 1. The van der Waals surface area contributed by atoms with Crippen LogP contribution < -0.4 is 4.90 Å². The van der Waals surface area contributed by atoms with Crippen LogP contribution in [0.1, 0.15) is 71.8 Å². The molecule has 0 atom stereocenters. The molecule has 1 aliphatic heterocycles. The van der Waals surface area contributed by atoms with Crippen molar-refractivity contribution in [1.82, 2.24) is 9.80 Å². The van der Waals surface area contributed by atoms with E-state index >= 15 is 0 Å². The zero-order valence-corrected chi connectivity index (χ0v) is 20.0. The lowest BCUT2D eigenvalue weighted by molar-refractivity contribution is -0.132. The molecule has 0 radical (unpaired) electrons. The maximum absolute atomic E-state index is 12.5. The van der Waals surface area contributed by atoms with Gasteiger partial charge in [-0.15, -0.1) is 0 Å². The number of benzene rings is 1. The number of anilines is 1. The zero-order valence-electron chi connectivity index (χ0n) is 20.0. The Kier molecular flexibility index (Phi) is 7.84. The lowest BCUT2D eigenvalue weighted by Gasteiger charge is -2.40. The molecule has 1 saturated carbocycles. The first-order valence-electron chi connectivity index (χ1n) is 12.2. The number of rotatable bonds is 6. The highest BCUT2D eigenvalue weighted by Crippen LogP contribution is 2.45. The molecule has 2 aliphatic rings. The van der Waals surface area contributed by atoms with Crippen molar-refractivity contribution in [2.24, 2.45) is 11.3 Å². The molecule has 0 spiro atoms. The third-order valence-electron chi connectivity index (χ3n) is 7.52. The Hall–Kier alpha value is -1.55. The highest BCUT2D eigenvalue weighted by molar-refractivity contribution is 5.78. The van der Waals surface area contributed by atoms with Crippen LogP contribution in [0.3, 0.4) is 0 Å². The van der Waals surface area contributed by atoms with Crippen molar-refractivity contribution in [3.63, 3.8) is 0 Å². The van der Waals surface area contributed by atoms with Crippen LogP contribution in [0, 0.1) is 11.3 Å². The third-order valence-corrected chi connectivity index (χ3v) is 7.52. The second-order valence-electron chi connectivity index (χ2n) is 10.3. The van der Waals surface area contributed by atoms with Gasteiger partial charge in [0, 0.05) is 45.0 Å². The summed E-state index contributed by atoms with van der Waals surface area (Å²) in [4.78, 5) is 19.3. The van der Waals surface area contributed by atoms with Crippen LogP contribution in [0.2, 0.25) is 0 Å². The van der Waals surface area contributed by atoms with Gasteiger partial charge in [0.25, 0.3) is 0 Å². The maximum Gasteiger partial charge on any atom is 0.236 e. The van der Waals surface area contributed by atoms with Gasteiger partial charge < -0.3 is 9.80 Å². The average molecular weight is 414 g/mol. The minimum Gasteiger partial charge on any atom is -0.369 e. The Balaban J connectivity index is 1.59. The van der Waals surface area contributed by atoms with E-state index in [9.17, 15) is 4.79 Å². The fraction of sp³-hybridized carbons (Fsp3) is 0.731. The Morgan fingerprint density at radius 1 is 0.967 bits per heavy atom. The van der Waals surface area contributed by atoms with Crippen LogP contribution >= 0.6 is 0 Å². The molecule has 1 heterocycles. The Labute approximate surface area is 184 Å². The van der Waals surface area contributed by atoms with Crippen molar-refractivity contribution < 1.29 is 4.79 Å². The summed E-state index contributed by atoms with van der Waals surface area (Å²) in [6.45, 7) is 17.5. The van der Waals surface area contributed by atoms with Gasteiger partial charge in [0.2, 0.25) is 5.91 Å². The minimum atomic E-state index is 0.268. The molecule has 0 N–H and O–H groups in total. The molecule has 1 aromatic carbocycles. The number of carbonyl (C=O) groups excluding carboxylic acids is 1. The summed E-state index contributed by atoms with van der Waals surface area (Å²) in [7, 11) is 0. The van der Waals surface area contributed by atoms with Gasteiger partial charge in [0.05, 0.1) is 6.54 Å². The van der Waals surface area contributed by atoms with Gasteiger partial charge in [-0.25, -0.2) is 0 Å². The predicted octanol–water partition coefficient (Wildman–Crippen LogP) is 5.00. The summed E-state index contributed by atoms with van der Waals surface area (Å²) in [6.07, 6.45) is 5.34. The minimum absolute atomic E-state index is 0.268. The van der Waals surface area contributed by atoms with Gasteiger partial charge in [0.1, 0.15) is 0 Å². The van der Waals surface area contributed by atoms with E-state index in [1.165, 1.54) is 31.4 Å². The van der Waals surface area contributed by atoms with Crippen LogP contribution in [0.25, 0.3) is 0 Å². The highest BCUT2D eigenvalue weighted by atomic mass is 16.2. The van der Waals surface area contributed by atoms with E-state index in [0.717, 1.165) is 45.2 Å². The first-order valence-corrected chi connectivity index (χ1v) is 12.2. The fourth-order valence-corrected chi connectivity index (χ4v) is 5.41. The molecular weight excluding hydrogens is 370 g/mol. The lowest BCUT2D eigenvalue weighted by atomic mass is 9.68. The van der Waals surface area contributed by atoms with Gasteiger partial charge in [-0.2, -0.15) is 0 Å². The van der Waals surface area contributed by atoms with Crippen molar-refractivity contribution in [2.45, 2.75) is 66.2 Å². The molecule has 0 aromatic heterocycles. The highest BCUT2D eigenvalue weighted by Gasteiger charge is 2.32. The van der Waals surface area contributed by atoms with Gasteiger partial charge in [0.15, 0.2) is 0 Å². The summed E-state index contributed by atoms with van der Waals surface area (Å²) in [5, 5.41) is 0. The maximum atomic E-state index is 12.5. The van der Waals surface area contributed by atoms with Gasteiger partial charge in [-0.1, -0.05) is 39.0 Å². The molecule has 168 valence electrons. The van der Waals surface area contributed by atoms with Crippen molar-refractivity contribution in [3.8, 4) is 0 Å². The number of piperazine rings is 1. The van der Waals surface area contributed by atoms with Gasteiger partial charge in [-0.3, -0.25) is 9.69 Å². The zero-order chi connectivity index (χ0) is 21.7. The molecule has 1 aromatic rings. The van der Waals surface area contributed by atoms with Gasteiger partial charge in [-0.05, 0) is 68.4 Å². The third kappa shape index (κ3) is 5.57. The number of para-hydroxylation sites is 1. The van der Waals surface area contributed by atoms with E-state index in [-0.39, 0.29) is 5.91 Å². The van der Waals surface area contributed by atoms with E-state index in [2.05, 4.69) is 68.7 Å². The number of hydrogen-bond acceptors (Lipinski definition) is 3. The van der Waals surface area contributed by atoms with Crippen molar-refractivity contribution >= 4 is 11.6 Å². The fourth-order valence-electron chi connectivity index (χ4n) is 5.41. The van der Waals surface area contributed by atoms with E-state index in [0.29, 0.717) is 17.9 Å². The van der Waals surface area contributed by atoms with E-state index < -0.39 is 0 Å². The monoisotopic (exact) mass is 413 g/mol. The molecule has 1 saturated heterocycles. The second kappa shape index (κ2) is 10.2. The molecule has 1 amide bonds. The predicted molar refractivity (Wildman–Crippen MR) is 127 cm³/mol. The number of likely N-dealkylation sites (N-methyl/N-ethyl adjacent to an activating group) is 1. The van der Waals surface area contributed by atoms with Crippen LogP contribution in [0.15, 0.2) is 24.3 Å². The number of carbonyl (C=O) groups is 1. The van der Waals surface area contributed by atoms with Crippen LogP contribution in [-0.4, -0.2) is 61.5 Å². The summed E-state index contributed by atoms with van der Waals surface area (Å²) in [5.41, 5.74) is 3.42. The number of hydrogen-bond donors (Lipinski definition) is 0. The molecule has 2 fully saturated rings. The van der Waals surface area contributed by atoms with Crippen LogP contribution in [0.4, 0.5) is 5.69 Å². The summed E-state index contributed by atoms with van der Waals surface area (Å²) >= 11 is 0. The summed E-state index contributed by atoms with van der Waals surface area (Å²) in [6, 6.07) is 9.10. The Morgan fingerprint density at radius 2 is 1.57 bits per heavy atom. The Bertz CT molecular complexity index is 676. The lowest BCUT2D eigenvalue weighted by Crippen LogP contribution is -2.50. The second-order valence-corrected chi connectivity index (χ2v) is 10.3. The smallest absolute Gasteiger partial charge is 0.236 e. The van der Waals surface area contributed by atoms with E-state index in [1.807, 2.05) is 4.90 Å². The molecule has 1 aliphatic carbocycles. The molecular formula is C26H43N3O. The van der Waals surface area contributed by atoms with Crippen molar-refractivity contribution in [1.29, 1.82) is 0 Å². The Morgan fingerprint density at radius 3 is 2.13 bits per heavy atom. The van der Waals surface area contributed by atoms with Crippen LogP contribution in [0.5, 0.6) is 0 Å². The van der Waals surface area contributed by atoms with Crippen molar-refractivity contribution in [2.75, 3.05) is 50.7 Å². The van der Waals surface area contributed by atoms with Gasteiger partial charge >= 0.3 is 0 Å². The molecule has 30 heavy (non-hydrogen) atoms. The number of nitrogens with zero attached hydrogens (tertiary/aromatic N) is 3. The SMILES string of the molecule is CCN(CC)C(=O)CN1CCN(c2ccccc2C2CCC(C(C)(C)C)CC2)CC1. The normalized spacial score (nSPS) is 23.4. The first-order chi connectivity index (χ1) is 14.3. The topological polar surface area (TPSA) is 26.8 Å². The van der Waals surface area contributed by atoms with Crippen molar-refractivity contribution in [3.05, 3.63) is 29.8 Å². The van der Waals surface area contributed by atoms with E-state index in [4.69, 9.17) is 0 Å². The largest absolute Gasteiger partial charge is 0.369 e. The molecule has 4 nitrogen and oxygen atoms in total. The average Bonchev–Trinajstić information content (AvgIpc) is 2.75. The molecule has 0 bridgehead atoms. The standard InChI is InChI=1S/C26H43N3O/c1-6-28(7-2)25(30)20-27-16-18-29(19-17-27)24-11-9-8-10-23(24)21-12-14-22(15-13-21)26(3,4)5/h8-11,21-22H,6-7,12-20H2,1-5H3. The molecule has 4 heteroatoms. The molecule has 3 rings (SSSR count). The van der Waals surface area contributed by atoms with Crippen LogP contribution in [-0.2, 0) is 4.79 Å². The quantitative estimate of drug-likeness (QED) is 0.657.